The molecule has 1 fully saturated rings. The van der Waals surface area contributed by atoms with Gasteiger partial charge in [0.25, 0.3) is 0 Å². The first-order valence-corrected chi connectivity index (χ1v) is 5.45. The lowest BCUT2D eigenvalue weighted by atomic mass is 9.59. The van der Waals surface area contributed by atoms with Crippen molar-refractivity contribution in [2.45, 2.75) is 40.5 Å². The summed E-state index contributed by atoms with van der Waals surface area (Å²) in [6.07, 6.45) is 1.05. The van der Waals surface area contributed by atoms with Crippen molar-refractivity contribution in [3.63, 3.8) is 0 Å². The molecule has 4 nitrogen and oxygen atoms in total. The van der Waals surface area contributed by atoms with Crippen molar-refractivity contribution in [1.82, 2.24) is 0 Å². The number of carbonyl (C=O) groups excluding carboxylic acids is 1. The third-order valence-electron chi connectivity index (χ3n) is 4.99. The first kappa shape index (κ1) is 13.0. The quantitative estimate of drug-likeness (QED) is 0.735. The second kappa shape index (κ2) is 3.47. The van der Waals surface area contributed by atoms with Crippen LogP contribution in [0, 0.1) is 16.2 Å². The Morgan fingerprint density at radius 3 is 1.81 bits per heavy atom. The molecular weight excluding hydrogens is 208 g/mol. The first-order valence-electron chi connectivity index (χ1n) is 5.45. The highest BCUT2D eigenvalue weighted by molar-refractivity contribution is 5.83. The molecule has 1 aliphatic carbocycles. The van der Waals surface area contributed by atoms with Gasteiger partial charge in [0.2, 0.25) is 0 Å². The molecule has 16 heavy (non-hydrogen) atoms. The van der Waals surface area contributed by atoms with E-state index in [0.717, 1.165) is 0 Å². The number of hydrogen-bond acceptors (Lipinski definition) is 3. The average Bonchev–Trinajstić information content (AvgIpc) is 2.40. The van der Waals surface area contributed by atoms with Crippen LogP contribution in [0.15, 0.2) is 0 Å². The van der Waals surface area contributed by atoms with Crippen LogP contribution in [-0.4, -0.2) is 24.2 Å². The Hall–Kier alpha value is -1.06. The second-order valence-corrected chi connectivity index (χ2v) is 5.59. The molecule has 1 rings (SSSR count). The average molecular weight is 228 g/mol. The molecule has 1 aliphatic rings. The maximum Gasteiger partial charge on any atom is 0.312 e. The van der Waals surface area contributed by atoms with Crippen LogP contribution in [0.2, 0.25) is 0 Å². The van der Waals surface area contributed by atoms with Gasteiger partial charge >= 0.3 is 11.9 Å². The maximum absolute atomic E-state index is 11.8. The van der Waals surface area contributed by atoms with Crippen LogP contribution in [0.5, 0.6) is 0 Å². The Labute approximate surface area is 96.0 Å². The lowest BCUT2D eigenvalue weighted by Gasteiger charge is -2.43. The zero-order valence-corrected chi connectivity index (χ0v) is 10.6. The highest BCUT2D eigenvalue weighted by Crippen LogP contribution is 2.63. The van der Waals surface area contributed by atoms with Gasteiger partial charge in [0, 0.05) is 0 Å². The Kier molecular flexibility index (Phi) is 2.82. The minimum Gasteiger partial charge on any atom is -0.481 e. The van der Waals surface area contributed by atoms with Crippen LogP contribution in [-0.2, 0) is 14.3 Å². The number of carboxylic acids is 1. The van der Waals surface area contributed by atoms with Crippen LogP contribution in [0.3, 0.4) is 0 Å². The summed E-state index contributed by atoms with van der Waals surface area (Å²) in [5.41, 5.74) is -2.23. The standard InChI is InChI=1S/C12H20O4/c1-10(2)11(3,8(13)14)6-7-12(10,4)9(15)16-5/h6-7H2,1-5H3,(H,13,14)/t11-,12+/m1/s1. The molecule has 0 bridgehead atoms. The minimum absolute atomic E-state index is 0.317. The van der Waals surface area contributed by atoms with Crippen molar-refractivity contribution in [2.75, 3.05) is 7.11 Å². The number of methoxy groups -OCH3 is 1. The van der Waals surface area contributed by atoms with Gasteiger partial charge in [-0.15, -0.1) is 0 Å². The highest BCUT2D eigenvalue weighted by Gasteiger charge is 2.65. The molecule has 4 heteroatoms. The molecule has 0 aromatic carbocycles. The summed E-state index contributed by atoms with van der Waals surface area (Å²) < 4.78 is 4.81. The molecule has 0 aliphatic heterocycles. The number of rotatable bonds is 2. The molecule has 0 unspecified atom stereocenters. The fraction of sp³-hybridized carbons (Fsp3) is 0.833. The van der Waals surface area contributed by atoms with Crippen LogP contribution in [0.25, 0.3) is 0 Å². The van der Waals surface area contributed by atoms with Crippen molar-refractivity contribution in [3.8, 4) is 0 Å². The molecule has 92 valence electrons. The SMILES string of the molecule is COC(=O)[C@]1(C)CC[C@](C)(C(=O)O)C1(C)C. The molecule has 0 radical (unpaired) electrons. The van der Waals surface area contributed by atoms with E-state index in [1.807, 2.05) is 13.8 Å². The van der Waals surface area contributed by atoms with Crippen LogP contribution in [0.1, 0.15) is 40.5 Å². The lowest BCUT2D eigenvalue weighted by Crippen LogP contribution is -2.48. The summed E-state index contributed by atoms with van der Waals surface area (Å²) in [5, 5.41) is 9.34. The van der Waals surface area contributed by atoms with E-state index in [4.69, 9.17) is 4.74 Å². The van der Waals surface area contributed by atoms with Gasteiger partial charge < -0.3 is 9.84 Å². The van der Waals surface area contributed by atoms with Crippen molar-refractivity contribution in [2.24, 2.45) is 16.2 Å². The van der Waals surface area contributed by atoms with E-state index in [9.17, 15) is 14.7 Å². The number of carbonyl (C=O) groups is 2. The number of esters is 1. The molecule has 0 heterocycles. The minimum atomic E-state index is -0.879. The van der Waals surface area contributed by atoms with Crippen molar-refractivity contribution in [1.29, 1.82) is 0 Å². The van der Waals surface area contributed by atoms with E-state index >= 15 is 0 Å². The van der Waals surface area contributed by atoms with Gasteiger partial charge in [-0.25, -0.2) is 0 Å². The number of ether oxygens (including phenoxy) is 1. The topological polar surface area (TPSA) is 63.6 Å². The van der Waals surface area contributed by atoms with Crippen LogP contribution < -0.4 is 0 Å². The molecule has 0 amide bonds. The summed E-state index contributed by atoms with van der Waals surface area (Å²) in [6.45, 7) is 7.19. The summed E-state index contributed by atoms with van der Waals surface area (Å²) >= 11 is 0. The molecule has 0 saturated heterocycles. The van der Waals surface area contributed by atoms with Gasteiger partial charge in [-0.1, -0.05) is 13.8 Å². The van der Waals surface area contributed by atoms with Gasteiger partial charge in [-0.05, 0) is 32.1 Å². The van der Waals surface area contributed by atoms with E-state index in [0.29, 0.717) is 12.8 Å². The number of hydrogen-bond donors (Lipinski definition) is 1. The number of aliphatic carboxylic acids is 1. The monoisotopic (exact) mass is 228 g/mol. The molecular formula is C12H20O4. The van der Waals surface area contributed by atoms with Gasteiger partial charge in [0.1, 0.15) is 0 Å². The lowest BCUT2D eigenvalue weighted by molar-refractivity contribution is -0.167. The second-order valence-electron chi connectivity index (χ2n) is 5.59. The van der Waals surface area contributed by atoms with E-state index in [1.165, 1.54) is 7.11 Å². The van der Waals surface area contributed by atoms with Crippen LogP contribution in [0.4, 0.5) is 0 Å². The predicted octanol–water partition coefficient (Wildman–Crippen LogP) is 2.08. The third-order valence-corrected chi connectivity index (χ3v) is 4.99. The summed E-state index contributed by atoms with van der Waals surface area (Å²) in [6, 6.07) is 0. The fourth-order valence-corrected chi connectivity index (χ4v) is 2.69. The molecule has 0 spiro atoms. The van der Waals surface area contributed by atoms with Crippen LogP contribution >= 0.6 is 0 Å². The third kappa shape index (κ3) is 1.28. The zero-order chi connectivity index (χ0) is 12.8. The van der Waals surface area contributed by atoms with Crippen molar-refractivity contribution >= 4 is 11.9 Å². The number of carboxylic acid groups (broad SMARTS) is 1. The molecule has 0 aromatic rings. The van der Waals surface area contributed by atoms with E-state index in [2.05, 4.69) is 0 Å². The van der Waals surface area contributed by atoms with Gasteiger partial charge in [-0.3, -0.25) is 9.59 Å². The largest absolute Gasteiger partial charge is 0.481 e. The Balaban J connectivity index is 3.24. The van der Waals surface area contributed by atoms with Crippen molar-refractivity contribution < 1.29 is 19.4 Å². The van der Waals surface area contributed by atoms with E-state index < -0.39 is 22.2 Å². The molecule has 1 saturated carbocycles. The summed E-state index contributed by atoms with van der Waals surface area (Å²) in [4.78, 5) is 23.2. The molecule has 0 aromatic heterocycles. The maximum atomic E-state index is 11.8. The summed E-state index contributed by atoms with van der Waals surface area (Å²) in [5.74, 6) is -1.16. The van der Waals surface area contributed by atoms with Crippen molar-refractivity contribution in [3.05, 3.63) is 0 Å². The predicted molar refractivity (Wildman–Crippen MR) is 58.9 cm³/mol. The smallest absolute Gasteiger partial charge is 0.312 e. The van der Waals surface area contributed by atoms with E-state index in [1.54, 1.807) is 13.8 Å². The van der Waals surface area contributed by atoms with E-state index in [-0.39, 0.29) is 5.97 Å². The fourth-order valence-electron chi connectivity index (χ4n) is 2.69. The van der Waals surface area contributed by atoms with Gasteiger partial charge in [-0.2, -0.15) is 0 Å². The Morgan fingerprint density at radius 2 is 1.50 bits per heavy atom. The van der Waals surface area contributed by atoms with Gasteiger partial charge in [0.05, 0.1) is 17.9 Å². The Bertz CT molecular complexity index is 334. The first-order chi connectivity index (χ1) is 7.13. The molecule has 1 N–H and O–H groups in total. The normalized spacial score (nSPS) is 37.1. The van der Waals surface area contributed by atoms with Gasteiger partial charge in [0.15, 0.2) is 0 Å². The molecule has 2 atom stereocenters. The Morgan fingerprint density at radius 1 is 1.06 bits per heavy atom. The highest BCUT2D eigenvalue weighted by atomic mass is 16.5. The zero-order valence-electron chi connectivity index (χ0n) is 10.6. The summed E-state index contributed by atoms with van der Waals surface area (Å²) in [7, 11) is 1.35.